The van der Waals surface area contributed by atoms with E-state index in [4.69, 9.17) is 11.6 Å². The van der Waals surface area contributed by atoms with E-state index in [1.165, 1.54) is 0 Å². The van der Waals surface area contributed by atoms with E-state index in [0.29, 0.717) is 34.7 Å². The molecule has 0 aliphatic heterocycles. The van der Waals surface area contributed by atoms with Gasteiger partial charge in [0.15, 0.2) is 5.78 Å². The van der Waals surface area contributed by atoms with Gasteiger partial charge in [0.2, 0.25) is 0 Å². The lowest BCUT2D eigenvalue weighted by molar-refractivity contribution is 0.0995. The number of anilines is 1. The first-order valence-corrected chi connectivity index (χ1v) is 8.83. The predicted octanol–water partition coefficient (Wildman–Crippen LogP) is 5.39. The highest BCUT2D eigenvalue weighted by Crippen LogP contribution is 2.37. The monoisotopic (exact) mass is 361 g/mol. The number of hydrogen-bond acceptors (Lipinski definition) is 2. The molecular formula is C22H16ClNO2. The number of rotatable bonds is 3. The Bertz CT molecular complexity index is 1010. The third-order valence-electron chi connectivity index (χ3n) is 4.65. The van der Waals surface area contributed by atoms with Crippen LogP contribution in [0.25, 0.3) is 11.1 Å². The summed E-state index contributed by atoms with van der Waals surface area (Å²) in [7, 11) is 0. The van der Waals surface area contributed by atoms with Gasteiger partial charge in [0.25, 0.3) is 5.91 Å². The molecule has 0 heterocycles. The molecule has 0 saturated carbocycles. The van der Waals surface area contributed by atoms with Crippen LogP contribution >= 0.6 is 11.6 Å². The summed E-state index contributed by atoms with van der Waals surface area (Å²) in [4.78, 5) is 25.1. The zero-order chi connectivity index (χ0) is 18.1. The minimum absolute atomic E-state index is 0.0623. The molecule has 0 radical (unpaired) electrons. The van der Waals surface area contributed by atoms with E-state index < -0.39 is 0 Å². The van der Waals surface area contributed by atoms with Gasteiger partial charge in [-0.05, 0) is 41.3 Å². The Morgan fingerprint density at radius 3 is 2.38 bits per heavy atom. The molecule has 3 aromatic rings. The molecule has 0 bridgehead atoms. The van der Waals surface area contributed by atoms with Crippen molar-refractivity contribution in [3.8, 4) is 11.1 Å². The molecule has 0 unspecified atom stereocenters. The number of benzene rings is 3. The summed E-state index contributed by atoms with van der Waals surface area (Å²) in [5.41, 5.74) is 4.67. The van der Waals surface area contributed by atoms with E-state index in [-0.39, 0.29) is 11.7 Å². The van der Waals surface area contributed by atoms with Gasteiger partial charge in [-0.25, -0.2) is 0 Å². The first kappa shape index (κ1) is 16.6. The molecular weight excluding hydrogens is 346 g/mol. The van der Waals surface area contributed by atoms with Crippen molar-refractivity contribution >= 4 is 29.0 Å². The number of hydrogen-bond donors (Lipinski definition) is 1. The zero-order valence-electron chi connectivity index (χ0n) is 14.0. The summed E-state index contributed by atoms with van der Waals surface area (Å²) in [6.07, 6.45) is 1.16. The van der Waals surface area contributed by atoms with E-state index >= 15 is 0 Å². The minimum Gasteiger partial charge on any atom is -0.321 e. The normalized spacial score (nSPS) is 12.7. The van der Waals surface area contributed by atoms with Crippen molar-refractivity contribution in [1.82, 2.24) is 0 Å². The van der Waals surface area contributed by atoms with Gasteiger partial charge in [0.05, 0.1) is 16.3 Å². The van der Waals surface area contributed by atoms with E-state index in [1.807, 2.05) is 36.4 Å². The third kappa shape index (κ3) is 2.91. The SMILES string of the molecule is O=C(Nc1ccc(-c2ccccc2)c2c1C(=O)CC2)c1ccccc1Cl. The minimum atomic E-state index is -0.315. The fourth-order valence-corrected chi connectivity index (χ4v) is 3.64. The first-order chi connectivity index (χ1) is 12.6. The average Bonchev–Trinajstić information content (AvgIpc) is 3.05. The van der Waals surface area contributed by atoms with Gasteiger partial charge < -0.3 is 5.32 Å². The molecule has 0 spiro atoms. The predicted molar refractivity (Wildman–Crippen MR) is 104 cm³/mol. The molecule has 3 nitrogen and oxygen atoms in total. The van der Waals surface area contributed by atoms with Crippen LogP contribution in [0.4, 0.5) is 5.69 Å². The van der Waals surface area contributed by atoms with Crippen LogP contribution in [-0.4, -0.2) is 11.7 Å². The quantitative estimate of drug-likeness (QED) is 0.680. The summed E-state index contributed by atoms with van der Waals surface area (Å²) >= 11 is 6.11. The standard InChI is InChI=1S/C22H16ClNO2/c23-18-9-5-4-8-17(18)22(26)24-19-12-10-15(14-6-2-1-3-7-14)16-11-13-20(25)21(16)19/h1-10,12H,11,13H2,(H,24,26). The maximum atomic E-state index is 12.6. The van der Waals surface area contributed by atoms with Crippen molar-refractivity contribution in [3.05, 3.63) is 88.4 Å². The third-order valence-corrected chi connectivity index (χ3v) is 4.97. The van der Waals surface area contributed by atoms with Crippen LogP contribution < -0.4 is 5.32 Å². The molecule has 1 aliphatic rings. The van der Waals surface area contributed by atoms with Crippen LogP contribution in [0.5, 0.6) is 0 Å². The molecule has 1 aliphatic carbocycles. The Labute approximate surface area is 156 Å². The van der Waals surface area contributed by atoms with Gasteiger partial charge in [-0.1, -0.05) is 60.1 Å². The summed E-state index contributed by atoms with van der Waals surface area (Å²) in [6.45, 7) is 0. The van der Waals surface area contributed by atoms with Crippen molar-refractivity contribution in [3.63, 3.8) is 0 Å². The van der Waals surface area contributed by atoms with Crippen LogP contribution in [0.15, 0.2) is 66.7 Å². The van der Waals surface area contributed by atoms with Crippen LogP contribution in [0.1, 0.15) is 32.7 Å². The summed E-state index contributed by atoms with van der Waals surface area (Å²) in [6, 6.07) is 20.6. The number of carbonyl (C=O) groups is 2. The number of halogens is 1. The lowest BCUT2D eigenvalue weighted by Gasteiger charge is -2.14. The Morgan fingerprint density at radius 2 is 1.62 bits per heavy atom. The number of nitrogens with one attached hydrogen (secondary N) is 1. The Kier molecular flexibility index (Phi) is 4.31. The van der Waals surface area contributed by atoms with E-state index in [2.05, 4.69) is 5.32 Å². The molecule has 128 valence electrons. The number of Topliss-reactive ketones (excluding diaryl/α,β-unsaturated/α-hetero) is 1. The molecule has 1 amide bonds. The van der Waals surface area contributed by atoms with Crippen LogP contribution in [0.3, 0.4) is 0 Å². The molecule has 1 N–H and O–H groups in total. The maximum Gasteiger partial charge on any atom is 0.257 e. The molecule has 0 saturated heterocycles. The summed E-state index contributed by atoms with van der Waals surface area (Å²) in [5, 5.41) is 3.25. The van der Waals surface area contributed by atoms with E-state index in [9.17, 15) is 9.59 Å². The Hall–Kier alpha value is -2.91. The Balaban J connectivity index is 1.75. The van der Waals surface area contributed by atoms with Crippen molar-refractivity contribution < 1.29 is 9.59 Å². The van der Waals surface area contributed by atoms with Gasteiger partial charge in [-0.2, -0.15) is 0 Å². The molecule has 3 aromatic carbocycles. The van der Waals surface area contributed by atoms with Crippen molar-refractivity contribution in [2.24, 2.45) is 0 Å². The van der Waals surface area contributed by atoms with Crippen molar-refractivity contribution in [2.75, 3.05) is 5.32 Å². The molecule has 4 heteroatoms. The van der Waals surface area contributed by atoms with E-state index in [0.717, 1.165) is 16.7 Å². The van der Waals surface area contributed by atoms with Gasteiger partial charge in [0, 0.05) is 12.0 Å². The van der Waals surface area contributed by atoms with Gasteiger partial charge in [-0.15, -0.1) is 0 Å². The molecule has 26 heavy (non-hydrogen) atoms. The Morgan fingerprint density at radius 1 is 0.885 bits per heavy atom. The molecule has 0 aromatic heterocycles. The highest BCUT2D eigenvalue weighted by molar-refractivity contribution is 6.34. The second kappa shape index (κ2) is 6.77. The van der Waals surface area contributed by atoms with Crippen LogP contribution in [0, 0.1) is 0 Å². The average molecular weight is 362 g/mol. The van der Waals surface area contributed by atoms with E-state index in [1.54, 1.807) is 30.3 Å². The van der Waals surface area contributed by atoms with Gasteiger partial charge >= 0.3 is 0 Å². The molecule has 0 fully saturated rings. The second-order valence-corrected chi connectivity index (χ2v) is 6.64. The number of fused-ring (bicyclic) bond motifs is 1. The lowest BCUT2D eigenvalue weighted by atomic mass is 9.95. The van der Waals surface area contributed by atoms with Gasteiger partial charge in [-0.3, -0.25) is 9.59 Å². The number of carbonyl (C=O) groups excluding carboxylic acids is 2. The topological polar surface area (TPSA) is 46.2 Å². The fourth-order valence-electron chi connectivity index (χ4n) is 3.42. The fraction of sp³-hybridized carbons (Fsp3) is 0.0909. The summed E-state index contributed by atoms with van der Waals surface area (Å²) < 4.78 is 0. The summed E-state index contributed by atoms with van der Waals surface area (Å²) in [5.74, 6) is -0.253. The molecule has 4 rings (SSSR count). The van der Waals surface area contributed by atoms with Gasteiger partial charge in [0.1, 0.15) is 0 Å². The highest BCUT2D eigenvalue weighted by Gasteiger charge is 2.27. The maximum absolute atomic E-state index is 12.6. The molecule has 0 atom stereocenters. The largest absolute Gasteiger partial charge is 0.321 e. The first-order valence-electron chi connectivity index (χ1n) is 8.45. The lowest BCUT2D eigenvalue weighted by Crippen LogP contribution is -2.15. The zero-order valence-corrected chi connectivity index (χ0v) is 14.7. The van der Waals surface area contributed by atoms with Crippen LogP contribution in [0.2, 0.25) is 5.02 Å². The van der Waals surface area contributed by atoms with Crippen LogP contribution in [-0.2, 0) is 6.42 Å². The number of amides is 1. The van der Waals surface area contributed by atoms with Crippen molar-refractivity contribution in [1.29, 1.82) is 0 Å². The second-order valence-electron chi connectivity index (χ2n) is 6.24. The van der Waals surface area contributed by atoms with Crippen molar-refractivity contribution in [2.45, 2.75) is 12.8 Å². The number of ketones is 1. The highest BCUT2D eigenvalue weighted by atomic mass is 35.5. The smallest absolute Gasteiger partial charge is 0.257 e.